The van der Waals surface area contributed by atoms with Gasteiger partial charge in [-0.15, -0.1) is 0 Å². The van der Waals surface area contributed by atoms with Crippen molar-refractivity contribution >= 4 is 18.1 Å². The van der Waals surface area contributed by atoms with Gasteiger partial charge in [-0.25, -0.2) is 0 Å². The molecule has 0 aromatic heterocycles. The predicted octanol–water partition coefficient (Wildman–Crippen LogP) is 3.71. The number of benzene rings is 2. The zero-order chi connectivity index (χ0) is 23.7. The van der Waals surface area contributed by atoms with Gasteiger partial charge in [-0.2, -0.15) is 13.2 Å². The van der Waals surface area contributed by atoms with Gasteiger partial charge in [-0.05, 0) is 36.0 Å². The van der Waals surface area contributed by atoms with Crippen LogP contribution in [-0.2, 0) is 33.4 Å². The van der Waals surface area contributed by atoms with Gasteiger partial charge in [0.15, 0.2) is 0 Å². The molecule has 8 heteroatoms. The molecule has 0 aliphatic rings. The Morgan fingerprint density at radius 2 is 1.59 bits per heavy atom. The first-order valence-corrected chi connectivity index (χ1v) is 10.4. The molecule has 2 aromatic rings. The van der Waals surface area contributed by atoms with Gasteiger partial charge in [0.25, 0.3) is 0 Å². The Labute approximate surface area is 185 Å². The first-order valence-electron chi connectivity index (χ1n) is 10.4. The second-order valence-corrected chi connectivity index (χ2v) is 7.88. The highest BCUT2D eigenvalue weighted by Crippen LogP contribution is 2.32. The minimum Gasteiger partial charge on any atom is -0.344 e. The van der Waals surface area contributed by atoms with E-state index in [4.69, 9.17) is 0 Å². The van der Waals surface area contributed by atoms with Crippen molar-refractivity contribution < 1.29 is 27.6 Å². The maximum absolute atomic E-state index is 13.1. The lowest BCUT2D eigenvalue weighted by Gasteiger charge is -2.24. The Balaban J connectivity index is 1.98. The second-order valence-electron chi connectivity index (χ2n) is 7.88. The van der Waals surface area contributed by atoms with Crippen LogP contribution >= 0.6 is 0 Å². The van der Waals surface area contributed by atoms with Crippen LogP contribution in [0.5, 0.6) is 0 Å². The fourth-order valence-electron chi connectivity index (χ4n) is 3.32. The second kappa shape index (κ2) is 11.5. The quantitative estimate of drug-likeness (QED) is 0.544. The number of aldehydes is 1. The van der Waals surface area contributed by atoms with Crippen LogP contribution in [0.2, 0.25) is 0 Å². The number of carbonyl (C=O) groups excluding carboxylic acids is 3. The van der Waals surface area contributed by atoms with Gasteiger partial charge in [0, 0.05) is 6.42 Å². The Hall–Kier alpha value is -3.16. The Kier molecular flexibility index (Phi) is 8.99. The fourth-order valence-corrected chi connectivity index (χ4v) is 3.32. The molecule has 2 rings (SSSR count). The molecule has 0 heterocycles. The monoisotopic (exact) mass is 448 g/mol. The molecule has 0 fully saturated rings. The summed E-state index contributed by atoms with van der Waals surface area (Å²) in [5, 5.41) is 5.22. The van der Waals surface area contributed by atoms with Crippen LogP contribution in [0.25, 0.3) is 0 Å². The number of amides is 2. The van der Waals surface area contributed by atoms with Gasteiger partial charge in [0.1, 0.15) is 12.3 Å². The topological polar surface area (TPSA) is 75.3 Å². The first kappa shape index (κ1) is 25.1. The molecule has 2 unspecified atom stereocenters. The van der Waals surface area contributed by atoms with Crippen LogP contribution in [0.3, 0.4) is 0 Å². The number of hydrogen-bond donors (Lipinski definition) is 2. The molecule has 0 aliphatic heterocycles. The lowest BCUT2D eigenvalue weighted by atomic mass is 10.00. The molecule has 0 aliphatic carbocycles. The van der Waals surface area contributed by atoms with Crippen LogP contribution in [0.1, 0.15) is 37.0 Å². The molecule has 0 spiro atoms. The van der Waals surface area contributed by atoms with E-state index in [0.717, 1.165) is 11.6 Å². The zero-order valence-corrected chi connectivity index (χ0v) is 18.0. The van der Waals surface area contributed by atoms with Crippen molar-refractivity contribution in [1.29, 1.82) is 0 Å². The van der Waals surface area contributed by atoms with Gasteiger partial charge in [0.2, 0.25) is 11.8 Å². The maximum Gasteiger partial charge on any atom is 0.416 e. The summed E-state index contributed by atoms with van der Waals surface area (Å²) in [5.74, 6) is -1.34. The summed E-state index contributed by atoms with van der Waals surface area (Å²) in [6, 6.07) is 12.6. The van der Waals surface area contributed by atoms with Crippen molar-refractivity contribution in [3.05, 3.63) is 71.3 Å². The van der Waals surface area contributed by atoms with Gasteiger partial charge in [0.05, 0.1) is 11.6 Å². The third kappa shape index (κ3) is 7.51. The van der Waals surface area contributed by atoms with Crippen molar-refractivity contribution in [2.24, 2.45) is 5.92 Å². The number of halogens is 3. The summed E-state index contributed by atoms with van der Waals surface area (Å²) in [7, 11) is 0. The van der Waals surface area contributed by atoms with E-state index in [1.165, 1.54) is 18.2 Å². The third-order valence-corrected chi connectivity index (χ3v) is 5.00. The molecule has 2 N–H and O–H groups in total. The molecule has 2 aromatic carbocycles. The molecule has 2 atom stereocenters. The van der Waals surface area contributed by atoms with E-state index in [1.807, 2.05) is 30.3 Å². The molecular formula is C24H27F3N2O3. The minimum absolute atomic E-state index is 0.0181. The molecule has 0 radical (unpaired) electrons. The van der Waals surface area contributed by atoms with Crippen LogP contribution < -0.4 is 10.6 Å². The van der Waals surface area contributed by atoms with E-state index < -0.39 is 35.6 Å². The van der Waals surface area contributed by atoms with Crippen molar-refractivity contribution in [3.63, 3.8) is 0 Å². The van der Waals surface area contributed by atoms with E-state index in [0.29, 0.717) is 12.7 Å². The molecular weight excluding hydrogens is 421 g/mol. The highest BCUT2D eigenvalue weighted by molar-refractivity contribution is 5.89. The number of hydrogen-bond acceptors (Lipinski definition) is 3. The maximum atomic E-state index is 13.1. The third-order valence-electron chi connectivity index (χ3n) is 5.00. The van der Waals surface area contributed by atoms with Crippen LogP contribution in [0, 0.1) is 5.92 Å². The fraction of sp³-hybridized carbons (Fsp3) is 0.375. The molecule has 0 saturated heterocycles. The van der Waals surface area contributed by atoms with Gasteiger partial charge in [-0.3, -0.25) is 9.59 Å². The standard InChI is InChI=1S/C24H27F3N2O3/c1-16(2)22(23(32)28-19(15-30)14-17-8-4-3-5-9-17)29-21(31)13-12-18-10-6-7-11-20(18)24(25,26)27/h3-11,15-16,19,22H,12-14H2,1-2H3,(H,28,32)(H,29,31). The van der Waals surface area contributed by atoms with Gasteiger partial charge < -0.3 is 15.4 Å². The summed E-state index contributed by atoms with van der Waals surface area (Å²) in [6.45, 7) is 3.47. The summed E-state index contributed by atoms with van der Waals surface area (Å²) in [6.07, 6.45) is -3.87. The molecule has 32 heavy (non-hydrogen) atoms. The average molecular weight is 448 g/mol. The van der Waals surface area contributed by atoms with Gasteiger partial charge in [-0.1, -0.05) is 62.4 Å². The smallest absolute Gasteiger partial charge is 0.344 e. The molecule has 0 bridgehead atoms. The number of aryl methyl sites for hydroxylation is 1. The predicted molar refractivity (Wildman–Crippen MR) is 115 cm³/mol. The number of rotatable bonds is 10. The van der Waals surface area contributed by atoms with Crippen LogP contribution in [0.4, 0.5) is 13.2 Å². The zero-order valence-electron chi connectivity index (χ0n) is 18.0. The van der Waals surface area contributed by atoms with E-state index in [-0.39, 0.29) is 24.3 Å². The number of nitrogens with one attached hydrogen (secondary N) is 2. The molecule has 0 saturated carbocycles. The molecule has 2 amide bonds. The summed E-state index contributed by atoms with van der Waals surface area (Å²) >= 11 is 0. The Bertz CT molecular complexity index is 914. The highest BCUT2D eigenvalue weighted by atomic mass is 19.4. The van der Waals surface area contributed by atoms with E-state index in [9.17, 15) is 27.6 Å². The van der Waals surface area contributed by atoms with Crippen molar-refractivity contribution in [1.82, 2.24) is 10.6 Å². The number of carbonyl (C=O) groups is 3. The molecule has 172 valence electrons. The normalized spacial score (nSPS) is 13.3. The molecule has 5 nitrogen and oxygen atoms in total. The summed E-state index contributed by atoms with van der Waals surface area (Å²) < 4.78 is 39.4. The Morgan fingerprint density at radius 3 is 2.19 bits per heavy atom. The van der Waals surface area contributed by atoms with E-state index in [2.05, 4.69) is 10.6 Å². The van der Waals surface area contributed by atoms with Crippen LogP contribution in [-0.4, -0.2) is 30.2 Å². The van der Waals surface area contributed by atoms with Crippen molar-refractivity contribution in [2.75, 3.05) is 0 Å². The van der Waals surface area contributed by atoms with Crippen molar-refractivity contribution in [2.45, 2.75) is 51.4 Å². The largest absolute Gasteiger partial charge is 0.416 e. The lowest BCUT2D eigenvalue weighted by Crippen LogP contribution is -2.52. The van der Waals surface area contributed by atoms with E-state index >= 15 is 0 Å². The SMILES string of the molecule is CC(C)C(NC(=O)CCc1ccccc1C(F)(F)F)C(=O)NC(C=O)Cc1ccccc1. The van der Waals surface area contributed by atoms with Gasteiger partial charge >= 0.3 is 6.18 Å². The Morgan fingerprint density at radius 1 is 0.969 bits per heavy atom. The summed E-state index contributed by atoms with van der Waals surface area (Å²) in [4.78, 5) is 36.5. The lowest BCUT2D eigenvalue weighted by molar-refractivity contribution is -0.138. The van der Waals surface area contributed by atoms with Crippen molar-refractivity contribution in [3.8, 4) is 0 Å². The minimum atomic E-state index is -4.50. The highest BCUT2D eigenvalue weighted by Gasteiger charge is 2.33. The van der Waals surface area contributed by atoms with E-state index in [1.54, 1.807) is 13.8 Å². The van der Waals surface area contributed by atoms with Crippen LogP contribution in [0.15, 0.2) is 54.6 Å². The summed E-state index contributed by atoms with van der Waals surface area (Å²) in [5.41, 5.74) is 0.114. The average Bonchev–Trinajstić information content (AvgIpc) is 2.75. The number of alkyl halides is 3. The first-order chi connectivity index (χ1) is 15.1.